The lowest BCUT2D eigenvalue weighted by atomic mass is 10.3. The summed E-state index contributed by atoms with van der Waals surface area (Å²) in [6, 6.07) is 13.8. The van der Waals surface area contributed by atoms with Gasteiger partial charge in [0, 0.05) is 10.7 Å². The van der Waals surface area contributed by atoms with Crippen molar-refractivity contribution in [3.63, 3.8) is 0 Å². The van der Waals surface area contributed by atoms with Gasteiger partial charge < -0.3 is 5.32 Å². The Kier molecular flexibility index (Phi) is 5.77. The van der Waals surface area contributed by atoms with Crippen LogP contribution in [0.2, 0.25) is 10.0 Å². The molecule has 2 aromatic carbocycles. The van der Waals surface area contributed by atoms with Gasteiger partial charge in [0.25, 0.3) is 0 Å². The van der Waals surface area contributed by atoms with Crippen molar-refractivity contribution in [1.82, 2.24) is 20.1 Å². The van der Waals surface area contributed by atoms with Crippen molar-refractivity contribution in [2.45, 2.75) is 18.0 Å². The molecule has 136 valence electrons. The highest BCUT2D eigenvalue weighted by Crippen LogP contribution is 2.25. The number of para-hydroxylation sites is 1. The Balaban J connectivity index is 1.68. The van der Waals surface area contributed by atoms with Gasteiger partial charge in [-0.2, -0.15) is 15.4 Å². The van der Waals surface area contributed by atoms with Crippen LogP contribution in [0.4, 0.5) is 5.69 Å². The number of benzene rings is 2. The van der Waals surface area contributed by atoms with Gasteiger partial charge >= 0.3 is 0 Å². The third-order valence-corrected chi connectivity index (χ3v) is 5.67. The maximum Gasteiger partial charge on any atom is 0.242 e. The minimum Gasteiger partial charge on any atom is -0.379 e. The van der Waals surface area contributed by atoms with E-state index in [9.17, 15) is 8.42 Å². The third kappa shape index (κ3) is 4.53. The zero-order valence-electron chi connectivity index (χ0n) is 13.4. The quantitative estimate of drug-likeness (QED) is 0.554. The normalized spacial score (nSPS) is 11.5. The van der Waals surface area contributed by atoms with Crippen LogP contribution in [0.15, 0.2) is 53.4 Å². The Bertz CT molecular complexity index is 993. The van der Waals surface area contributed by atoms with Crippen LogP contribution in [0.3, 0.4) is 0 Å². The number of aromatic amines is 1. The lowest BCUT2D eigenvalue weighted by molar-refractivity contribution is 0.580. The number of hydrogen-bond acceptors (Lipinski definition) is 5. The lowest BCUT2D eigenvalue weighted by Gasteiger charge is -2.09. The van der Waals surface area contributed by atoms with Crippen molar-refractivity contribution in [3.8, 4) is 0 Å². The van der Waals surface area contributed by atoms with E-state index in [1.807, 2.05) is 30.3 Å². The zero-order valence-corrected chi connectivity index (χ0v) is 15.7. The molecule has 0 amide bonds. The van der Waals surface area contributed by atoms with Crippen molar-refractivity contribution in [2.24, 2.45) is 0 Å². The molecular formula is C16H15Cl2N5O2S. The second-order valence-corrected chi connectivity index (χ2v) is 7.91. The first-order valence-corrected chi connectivity index (χ1v) is 9.82. The Morgan fingerprint density at radius 2 is 1.65 bits per heavy atom. The molecule has 0 aliphatic rings. The Hall–Kier alpha value is -2.13. The summed E-state index contributed by atoms with van der Waals surface area (Å²) in [6.07, 6.45) is 0. The van der Waals surface area contributed by atoms with Gasteiger partial charge in [-0.05, 0) is 30.3 Å². The van der Waals surface area contributed by atoms with Crippen molar-refractivity contribution < 1.29 is 8.42 Å². The fraction of sp³-hybridized carbons (Fsp3) is 0.125. The van der Waals surface area contributed by atoms with Crippen LogP contribution in [0.5, 0.6) is 0 Å². The van der Waals surface area contributed by atoms with Crippen molar-refractivity contribution in [2.75, 3.05) is 5.32 Å². The molecule has 1 heterocycles. The predicted octanol–water partition coefficient (Wildman–Crippen LogP) is 3.20. The zero-order chi connectivity index (χ0) is 18.6. The SMILES string of the molecule is O=S(=O)(NCc1n[nH]nc1CNc1ccccc1)c1cc(Cl)ccc1Cl. The van der Waals surface area contributed by atoms with Gasteiger partial charge in [0.2, 0.25) is 10.0 Å². The standard InChI is InChI=1S/C16H15Cl2N5O2S/c17-11-6-7-13(18)16(8-11)26(24,25)20-10-15-14(21-23-22-15)9-19-12-4-2-1-3-5-12/h1-8,19-20H,9-10H2,(H,21,22,23). The summed E-state index contributed by atoms with van der Waals surface area (Å²) in [6.45, 7) is 0.364. The van der Waals surface area contributed by atoms with Crippen LogP contribution in [0, 0.1) is 0 Å². The summed E-state index contributed by atoms with van der Waals surface area (Å²) >= 11 is 11.8. The van der Waals surface area contributed by atoms with E-state index in [-0.39, 0.29) is 21.5 Å². The number of sulfonamides is 1. The molecule has 3 rings (SSSR count). The maximum absolute atomic E-state index is 12.5. The van der Waals surface area contributed by atoms with E-state index in [1.54, 1.807) is 0 Å². The smallest absolute Gasteiger partial charge is 0.242 e. The van der Waals surface area contributed by atoms with Gasteiger partial charge in [-0.1, -0.05) is 41.4 Å². The summed E-state index contributed by atoms with van der Waals surface area (Å²) in [4.78, 5) is -0.0841. The molecular weight excluding hydrogens is 397 g/mol. The van der Waals surface area contributed by atoms with Gasteiger partial charge in [-0.15, -0.1) is 0 Å². The first kappa shape index (κ1) is 18.7. The van der Waals surface area contributed by atoms with Crippen LogP contribution >= 0.6 is 23.2 Å². The highest BCUT2D eigenvalue weighted by atomic mass is 35.5. The van der Waals surface area contributed by atoms with Gasteiger partial charge in [0.15, 0.2) is 0 Å². The predicted molar refractivity (Wildman–Crippen MR) is 101 cm³/mol. The molecule has 3 N–H and O–H groups in total. The molecule has 0 radical (unpaired) electrons. The van der Waals surface area contributed by atoms with E-state index in [4.69, 9.17) is 23.2 Å². The lowest BCUT2D eigenvalue weighted by Crippen LogP contribution is -2.24. The van der Waals surface area contributed by atoms with Crippen LogP contribution in [-0.2, 0) is 23.1 Å². The second kappa shape index (κ2) is 8.05. The largest absolute Gasteiger partial charge is 0.379 e. The Morgan fingerprint density at radius 3 is 2.38 bits per heavy atom. The molecule has 0 aliphatic carbocycles. The molecule has 10 heteroatoms. The van der Waals surface area contributed by atoms with Gasteiger partial charge in [0.1, 0.15) is 16.3 Å². The molecule has 0 aliphatic heterocycles. The number of halogens is 2. The molecule has 1 aromatic heterocycles. The molecule has 0 fully saturated rings. The molecule has 3 aromatic rings. The van der Waals surface area contributed by atoms with Gasteiger partial charge in [-0.25, -0.2) is 13.1 Å². The molecule has 0 saturated carbocycles. The van der Waals surface area contributed by atoms with Crippen molar-refractivity contribution in [1.29, 1.82) is 0 Å². The van der Waals surface area contributed by atoms with E-state index < -0.39 is 10.0 Å². The fourth-order valence-electron chi connectivity index (χ4n) is 2.22. The monoisotopic (exact) mass is 411 g/mol. The average Bonchev–Trinajstić information content (AvgIpc) is 3.09. The Labute approximate surface area is 160 Å². The van der Waals surface area contributed by atoms with Crippen LogP contribution in [0.1, 0.15) is 11.4 Å². The highest BCUT2D eigenvalue weighted by Gasteiger charge is 2.19. The van der Waals surface area contributed by atoms with Gasteiger partial charge in [0.05, 0.1) is 18.1 Å². The molecule has 0 atom stereocenters. The van der Waals surface area contributed by atoms with E-state index in [2.05, 4.69) is 25.4 Å². The number of rotatable bonds is 7. The third-order valence-electron chi connectivity index (χ3n) is 3.55. The van der Waals surface area contributed by atoms with Crippen LogP contribution in [-0.4, -0.2) is 23.8 Å². The molecule has 7 nitrogen and oxygen atoms in total. The molecule has 26 heavy (non-hydrogen) atoms. The summed E-state index contributed by atoms with van der Waals surface area (Å²) in [5.74, 6) is 0. The topological polar surface area (TPSA) is 99.8 Å². The first-order valence-electron chi connectivity index (χ1n) is 7.58. The molecule has 0 bridgehead atoms. The average molecular weight is 412 g/mol. The van der Waals surface area contributed by atoms with Gasteiger partial charge in [-0.3, -0.25) is 0 Å². The van der Waals surface area contributed by atoms with E-state index in [0.717, 1.165) is 5.69 Å². The Morgan fingerprint density at radius 1 is 0.962 bits per heavy atom. The molecule has 0 unspecified atom stereocenters. The number of anilines is 1. The minimum atomic E-state index is -3.84. The summed E-state index contributed by atoms with van der Waals surface area (Å²) < 4.78 is 27.4. The van der Waals surface area contributed by atoms with Crippen LogP contribution in [0.25, 0.3) is 0 Å². The van der Waals surface area contributed by atoms with E-state index in [1.165, 1.54) is 18.2 Å². The molecule has 0 saturated heterocycles. The molecule has 0 spiro atoms. The number of nitrogens with zero attached hydrogens (tertiary/aromatic N) is 2. The van der Waals surface area contributed by atoms with Crippen LogP contribution < -0.4 is 10.0 Å². The number of nitrogens with one attached hydrogen (secondary N) is 3. The summed E-state index contributed by atoms with van der Waals surface area (Å²) in [7, 11) is -3.84. The second-order valence-electron chi connectivity index (χ2n) is 5.34. The van der Waals surface area contributed by atoms with Crippen molar-refractivity contribution >= 4 is 38.9 Å². The number of H-pyrrole nitrogens is 1. The first-order chi connectivity index (χ1) is 12.5. The fourth-order valence-corrected chi connectivity index (χ4v) is 3.97. The summed E-state index contributed by atoms with van der Waals surface area (Å²) in [5.41, 5.74) is 2.01. The summed E-state index contributed by atoms with van der Waals surface area (Å²) in [5, 5.41) is 14.1. The van der Waals surface area contributed by atoms with E-state index in [0.29, 0.717) is 17.9 Å². The van der Waals surface area contributed by atoms with Crippen molar-refractivity contribution in [3.05, 3.63) is 70.0 Å². The highest BCUT2D eigenvalue weighted by molar-refractivity contribution is 7.89. The van der Waals surface area contributed by atoms with E-state index >= 15 is 0 Å². The number of hydrogen-bond donors (Lipinski definition) is 3. The maximum atomic E-state index is 12.5. The minimum absolute atomic E-state index is 0.0342. The number of aromatic nitrogens is 3.